The molecule has 0 rings (SSSR count). The summed E-state index contributed by atoms with van der Waals surface area (Å²) in [6.07, 6.45) is 0.663. The molecule has 80 valence electrons. The molecule has 0 fully saturated rings. The molecule has 0 spiro atoms. The van der Waals surface area contributed by atoms with E-state index in [1.807, 2.05) is 0 Å². The number of aliphatic carboxylic acids is 1. The molecule has 0 aliphatic carbocycles. The summed E-state index contributed by atoms with van der Waals surface area (Å²) < 4.78 is 4.59. The van der Waals surface area contributed by atoms with E-state index in [2.05, 4.69) is 16.6 Å². The molecule has 0 aromatic rings. The Kier molecular flexibility index (Phi) is 5.36. The van der Waals surface area contributed by atoms with Gasteiger partial charge in [-0.1, -0.05) is 26.5 Å². The molecule has 14 heavy (non-hydrogen) atoms. The maximum absolute atomic E-state index is 11.0. The van der Waals surface area contributed by atoms with Crippen molar-refractivity contribution in [2.24, 2.45) is 5.92 Å². The highest BCUT2D eigenvalue weighted by Crippen LogP contribution is 2.01. The minimum atomic E-state index is -1.07. The van der Waals surface area contributed by atoms with Crippen molar-refractivity contribution in [2.45, 2.75) is 19.9 Å². The second-order valence-electron chi connectivity index (χ2n) is 3.09. The van der Waals surface area contributed by atoms with Gasteiger partial charge < -0.3 is 15.2 Å². The van der Waals surface area contributed by atoms with Crippen LogP contribution in [0.15, 0.2) is 12.7 Å². The predicted molar refractivity (Wildman–Crippen MR) is 50.9 cm³/mol. The summed E-state index contributed by atoms with van der Waals surface area (Å²) in [5.41, 5.74) is 0. The molecule has 0 aromatic carbocycles. The van der Waals surface area contributed by atoms with Gasteiger partial charge in [-0.05, 0) is 5.92 Å². The monoisotopic (exact) mass is 201 g/mol. The minimum Gasteiger partial charge on any atom is -0.480 e. The van der Waals surface area contributed by atoms with Gasteiger partial charge in [0.2, 0.25) is 0 Å². The topological polar surface area (TPSA) is 75.6 Å². The second-order valence-corrected chi connectivity index (χ2v) is 3.09. The number of carbonyl (C=O) groups is 2. The Morgan fingerprint density at radius 3 is 2.50 bits per heavy atom. The molecule has 0 unspecified atom stereocenters. The zero-order valence-corrected chi connectivity index (χ0v) is 8.32. The first kappa shape index (κ1) is 12.5. The highest BCUT2D eigenvalue weighted by atomic mass is 16.5. The summed E-state index contributed by atoms with van der Waals surface area (Å²) in [6.45, 7) is 6.83. The van der Waals surface area contributed by atoms with Gasteiger partial charge in [-0.15, -0.1) is 0 Å². The zero-order valence-electron chi connectivity index (χ0n) is 8.32. The predicted octanol–water partition coefficient (Wildman–Crippen LogP) is 1.01. The Morgan fingerprint density at radius 2 is 2.14 bits per heavy atom. The van der Waals surface area contributed by atoms with Crippen molar-refractivity contribution >= 4 is 12.1 Å². The average Bonchev–Trinajstić information content (AvgIpc) is 2.09. The Hall–Kier alpha value is -1.52. The lowest BCUT2D eigenvalue weighted by atomic mass is 10.1. The van der Waals surface area contributed by atoms with Crippen LogP contribution in [0.1, 0.15) is 13.8 Å². The van der Waals surface area contributed by atoms with Gasteiger partial charge in [-0.2, -0.15) is 0 Å². The van der Waals surface area contributed by atoms with E-state index in [9.17, 15) is 9.59 Å². The molecular formula is C9H15NO4. The molecule has 0 aliphatic heterocycles. The quantitative estimate of drug-likeness (QED) is 0.651. The van der Waals surface area contributed by atoms with E-state index in [1.165, 1.54) is 6.08 Å². The number of carboxylic acids is 1. The minimum absolute atomic E-state index is 0.0657. The Balaban J connectivity index is 4.09. The van der Waals surface area contributed by atoms with Gasteiger partial charge in [0.25, 0.3) is 0 Å². The highest BCUT2D eigenvalue weighted by Gasteiger charge is 2.23. The van der Waals surface area contributed by atoms with Crippen molar-refractivity contribution < 1.29 is 19.4 Å². The molecule has 0 aliphatic rings. The summed E-state index contributed by atoms with van der Waals surface area (Å²) in [7, 11) is 0. The van der Waals surface area contributed by atoms with Crippen LogP contribution in [0.5, 0.6) is 0 Å². The van der Waals surface area contributed by atoms with Crippen LogP contribution in [0.3, 0.4) is 0 Å². The van der Waals surface area contributed by atoms with Gasteiger partial charge in [-0.25, -0.2) is 9.59 Å². The molecule has 0 aromatic heterocycles. The summed E-state index contributed by atoms with van der Waals surface area (Å²) in [6, 6.07) is -0.924. The highest BCUT2D eigenvalue weighted by molar-refractivity contribution is 5.80. The third kappa shape index (κ3) is 4.49. The van der Waals surface area contributed by atoms with E-state index in [1.54, 1.807) is 13.8 Å². The number of hydrogen-bond donors (Lipinski definition) is 2. The number of hydrogen-bond acceptors (Lipinski definition) is 3. The van der Waals surface area contributed by atoms with Crippen LogP contribution in [0.25, 0.3) is 0 Å². The maximum atomic E-state index is 11.0. The number of alkyl carbamates (subject to hydrolysis) is 1. The van der Waals surface area contributed by atoms with Crippen LogP contribution in [-0.4, -0.2) is 29.8 Å². The van der Waals surface area contributed by atoms with Gasteiger partial charge >= 0.3 is 12.1 Å². The summed E-state index contributed by atoms with van der Waals surface area (Å²) in [4.78, 5) is 21.6. The first-order valence-electron chi connectivity index (χ1n) is 4.26. The third-order valence-corrected chi connectivity index (χ3v) is 1.54. The zero-order chi connectivity index (χ0) is 11.1. The molecule has 0 heterocycles. The number of rotatable bonds is 5. The van der Waals surface area contributed by atoms with Crippen molar-refractivity contribution in [2.75, 3.05) is 6.61 Å². The van der Waals surface area contributed by atoms with Crippen molar-refractivity contribution in [3.63, 3.8) is 0 Å². The Labute approximate surface area is 82.7 Å². The van der Waals surface area contributed by atoms with Gasteiger partial charge in [0.05, 0.1) is 0 Å². The Bertz CT molecular complexity index is 225. The summed E-state index contributed by atoms with van der Waals surface area (Å²) in [5.74, 6) is -1.26. The van der Waals surface area contributed by atoms with E-state index in [4.69, 9.17) is 5.11 Å². The van der Waals surface area contributed by atoms with Crippen LogP contribution in [0.4, 0.5) is 4.79 Å². The third-order valence-electron chi connectivity index (χ3n) is 1.54. The fraction of sp³-hybridized carbons (Fsp3) is 0.556. The lowest BCUT2D eigenvalue weighted by Gasteiger charge is -2.17. The normalized spacial score (nSPS) is 11.9. The molecule has 0 saturated heterocycles. The van der Waals surface area contributed by atoms with E-state index < -0.39 is 18.1 Å². The van der Waals surface area contributed by atoms with Crippen LogP contribution in [-0.2, 0) is 9.53 Å². The lowest BCUT2D eigenvalue weighted by molar-refractivity contribution is -0.140. The van der Waals surface area contributed by atoms with Crippen LogP contribution in [0.2, 0.25) is 0 Å². The van der Waals surface area contributed by atoms with Crippen molar-refractivity contribution in [3.8, 4) is 0 Å². The smallest absolute Gasteiger partial charge is 0.408 e. The molecule has 5 heteroatoms. The number of nitrogens with one attached hydrogen (secondary N) is 1. The van der Waals surface area contributed by atoms with Crippen LogP contribution in [0, 0.1) is 5.92 Å². The van der Waals surface area contributed by atoms with Crippen molar-refractivity contribution in [3.05, 3.63) is 12.7 Å². The molecule has 5 nitrogen and oxygen atoms in total. The number of carboxylic acid groups (broad SMARTS) is 1. The SMILES string of the molecule is C=CCOC(=O)N[C@@H](C(=O)O)C(C)C. The molecule has 0 radical (unpaired) electrons. The number of carbonyl (C=O) groups excluding carboxylic acids is 1. The van der Waals surface area contributed by atoms with Crippen molar-refractivity contribution in [1.82, 2.24) is 5.32 Å². The fourth-order valence-electron chi connectivity index (χ4n) is 0.817. The Morgan fingerprint density at radius 1 is 1.57 bits per heavy atom. The first-order valence-corrected chi connectivity index (χ1v) is 4.26. The van der Waals surface area contributed by atoms with E-state index in [0.29, 0.717) is 0 Å². The van der Waals surface area contributed by atoms with Crippen molar-refractivity contribution in [1.29, 1.82) is 0 Å². The number of amides is 1. The second kappa shape index (κ2) is 6.01. The molecule has 1 atom stereocenters. The van der Waals surface area contributed by atoms with Gasteiger partial charge in [0.15, 0.2) is 0 Å². The summed E-state index contributed by atoms with van der Waals surface area (Å²) >= 11 is 0. The number of ether oxygens (including phenoxy) is 1. The first-order chi connectivity index (χ1) is 6.49. The summed E-state index contributed by atoms with van der Waals surface area (Å²) in [5, 5.41) is 11.0. The van der Waals surface area contributed by atoms with E-state index >= 15 is 0 Å². The largest absolute Gasteiger partial charge is 0.480 e. The van der Waals surface area contributed by atoms with E-state index in [-0.39, 0.29) is 12.5 Å². The average molecular weight is 201 g/mol. The molecular weight excluding hydrogens is 186 g/mol. The standard InChI is InChI=1S/C9H15NO4/c1-4-5-14-9(13)10-7(6(2)3)8(11)12/h4,6-7H,1,5H2,2-3H3,(H,10,13)(H,11,12)/t7-/m1/s1. The van der Waals surface area contributed by atoms with Crippen LogP contribution >= 0.6 is 0 Å². The molecule has 0 bridgehead atoms. The van der Waals surface area contributed by atoms with Gasteiger partial charge in [0, 0.05) is 0 Å². The molecule has 2 N–H and O–H groups in total. The van der Waals surface area contributed by atoms with Gasteiger partial charge in [-0.3, -0.25) is 0 Å². The van der Waals surface area contributed by atoms with Gasteiger partial charge in [0.1, 0.15) is 12.6 Å². The molecule has 0 saturated carbocycles. The lowest BCUT2D eigenvalue weighted by Crippen LogP contribution is -2.44. The van der Waals surface area contributed by atoms with Crippen LogP contribution < -0.4 is 5.32 Å². The fourth-order valence-corrected chi connectivity index (χ4v) is 0.817. The van der Waals surface area contributed by atoms with E-state index in [0.717, 1.165) is 0 Å². The molecule has 1 amide bonds. The maximum Gasteiger partial charge on any atom is 0.408 e.